The molecule has 1 atom stereocenters. The predicted molar refractivity (Wildman–Crippen MR) is 57.5 cm³/mol. The van der Waals surface area contributed by atoms with E-state index in [4.69, 9.17) is 4.74 Å². The van der Waals surface area contributed by atoms with Gasteiger partial charge in [0.25, 0.3) is 0 Å². The van der Waals surface area contributed by atoms with Crippen LogP contribution in [0, 0.1) is 0 Å². The van der Waals surface area contributed by atoms with Crippen molar-refractivity contribution in [1.82, 2.24) is 10.6 Å². The minimum absolute atomic E-state index is 0.376. The monoisotopic (exact) mass is 198 g/mol. The molecule has 1 saturated carbocycles. The Hall–Kier alpha value is -0.120. The van der Waals surface area contributed by atoms with Crippen molar-refractivity contribution in [3.05, 3.63) is 0 Å². The largest absolute Gasteiger partial charge is 0.374 e. The first kappa shape index (κ1) is 10.4. The highest BCUT2D eigenvalue weighted by Gasteiger charge is 2.28. The lowest BCUT2D eigenvalue weighted by atomic mass is 10.0. The molecule has 1 unspecified atom stereocenters. The molecule has 1 aliphatic carbocycles. The first-order valence-corrected chi connectivity index (χ1v) is 5.86. The van der Waals surface area contributed by atoms with Crippen LogP contribution in [-0.4, -0.2) is 37.9 Å². The van der Waals surface area contributed by atoms with Crippen molar-refractivity contribution in [2.24, 2.45) is 0 Å². The van der Waals surface area contributed by atoms with Crippen LogP contribution in [0.25, 0.3) is 0 Å². The summed E-state index contributed by atoms with van der Waals surface area (Å²) < 4.78 is 5.66. The molecule has 2 fully saturated rings. The van der Waals surface area contributed by atoms with Gasteiger partial charge < -0.3 is 15.4 Å². The molecule has 3 nitrogen and oxygen atoms in total. The molecule has 0 bridgehead atoms. The summed E-state index contributed by atoms with van der Waals surface area (Å²) in [6.07, 6.45) is 5.79. The van der Waals surface area contributed by atoms with E-state index in [0.717, 1.165) is 26.2 Å². The van der Waals surface area contributed by atoms with Crippen LogP contribution < -0.4 is 10.6 Å². The fraction of sp³-hybridized carbons (Fsp3) is 1.00. The van der Waals surface area contributed by atoms with E-state index in [2.05, 4.69) is 17.6 Å². The maximum absolute atomic E-state index is 5.66. The Labute approximate surface area is 86.6 Å². The minimum atomic E-state index is 0.376. The van der Waals surface area contributed by atoms with Gasteiger partial charge in [0.1, 0.15) is 0 Å². The highest BCUT2D eigenvalue weighted by molar-refractivity contribution is 4.89. The van der Waals surface area contributed by atoms with Crippen LogP contribution in [0.4, 0.5) is 0 Å². The second-order valence-corrected chi connectivity index (χ2v) is 4.85. The van der Waals surface area contributed by atoms with Gasteiger partial charge in [-0.05, 0) is 19.8 Å². The third-order valence-electron chi connectivity index (χ3n) is 3.47. The van der Waals surface area contributed by atoms with Gasteiger partial charge in [0.15, 0.2) is 0 Å². The fourth-order valence-corrected chi connectivity index (χ4v) is 2.44. The molecular weight excluding hydrogens is 176 g/mol. The first-order chi connectivity index (χ1) is 6.79. The summed E-state index contributed by atoms with van der Waals surface area (Å²) in [7, 11) is 0. The van der Waals surface area contributed by atoms with Crippen LogP contribution in [-0.2, 0) is 4.74 Å². The van der Waals surface area contributed by atoms with E-state index in [1.165, 1.54) is 25.7 Å². The molecule has 0 aromatic carbocycles. The molecule has 82 valence electrons. The lowest BCUT2D eigenvalue weighted by molar-refractivity contribution is 0.0247. The van der Waals surface area contributed by atoms with E-state index in [-0.39, 0.29) is 0 Å². The van der Waals surface area contributed by atoms with Crippen LogP contribution in [0.2, 0.25) is 0 Å². The van der Waals surface area contributed by atoms with Crippen molar-refractivity contribution in [1.29, 1.82) is 0 Å². The molecule has 14 heavy (non-hydrogen) atoms. The molecule has 2 N–H and O–H groups in total. The molecule has 1 heterocycles. The standard InChI is InChI=1S/C11H22N2O/c1-11(4-2-3-5-11)13-9-10-8-12-6-7-14-10/h10,12-13H,2-9H2,1H3. The Balaban J connectivity index is 1.70. The Morgan fingerprint density at radius 2 is 2.21 bits per heavy atom. The van der Waals surface area contributed by atoms with Crippen LogP contribution >= 0.6 is 0 Å². The van der Waals surface area contributed by atoms with Crippen LogP contribution in [0.3, 0.4) is 0 Å². The molecule has 2 aliphatic rings. The molecule has 2 rings (SSSR count). The average molecular weight is 198 g/mol. The molecular formula is C11H22N2O. The third kappa shape index (κ3) is 2.69. The van der Waals surface area contributed by atoms with Crippen LogP contribution in [0.5, 0.6) is 0 Å². The number of nitrogens with one attached hydrogen (secondary N) is 2. The summed E-state index contributed by atoms with van der Waals surface area (Å²) >= 11 is 0. The molecule has 0 spiro atoms. The number of rotatable bonds is 3. The van der Waals surface area contributed by atoms with Crippen LogP contribution in [0.15, 0.2) is 0 Å². The van der Waals surface area contributed by atoms with E-state index in [0.29, 0.717) is 11.6 Å². The first-order valence-electron chi connectivity index (χ1n) is 5.86. The lowest BCUT2D eigenvalue weighted by Gasteiger charge is -2.30. The Morgan fingerprint density at radius 1 is 1.43 bits per heavy atom. The van der Waals surface area contributed by atoms with Crippen molar-refractivity contribution >= 4 is 0 Å². The molecule has 1 aliphatic heterocycles. The highest BCUT2D eigenvalue weighted by Crippen LogP contribution is 2.28. The van der Waals surface area contributed by atoms with Gasteiger partial charge in [0.2, 0.25) is 0 Å². The summed E-state index contributed by atoms with van der Waals surface area (Å²) in [5.41, 5.74) is 0.390. The third-order valence-corrected chi connectivity index (χ3v) is 3.47. The number of hydrogen-bond donors (Lipinski definition) is 2. The number of ether oxygens (including phenoxy) is 1. The summed E-state index contributed by atoms with van der Waals surface area (Å²) in [4.78, 5) is 0. The lowest BCUT2D eigenvalue weighted by Crippen LogP contribution is -2.49. The second kappa shape index (κ2) is 4.60. The van der Waals surface area contributed by atoms with E-state index < -0.39 is 0 Å². The van der Waals surface area contributed by atoms with Gasteiger partial charge in [-0.25, -0.2) is 0 Å². The Morgan fingerprint density at radius 3 is 2.86 bits per heavy atom. The van der Waals surface area contributed by atoms with Crippen LogP contribution in [0.1, 0.15) is 32.6 Å². The quantitative estimate of drug-likeness (QED) is 0.707. The Kier molecular flexibility index (Phi) is 3.42. The van der Waals surface area contributed by atoms with Gasteiger partial charge in [-0.1, -0.05) is 12.8 Å². The zero-order valence-electron chi connectivity index (χ0n) is 9.14. The average Bonchev–Trinajstić information content (AvgIpc) is 2.65. The molecule has 1 saturated heterocycles. The van der Waals surface area contributed by atoms with Gasteiger partial charge in [0.05, 0.1) is 12.7 Å². The molecule has 0 aromatic rings. The van der Waals surface area contributed by atoms with Gasteiger partial charge >= 0.3 is 0 Å². The zero-order chi connectivity index (χ0) is 9.86. The van der Waals surface area contributed by atoms with E-state index in [9.17, 15) is 0 Å². The maximum atomic E-state index is 5.66. The topological polar surface area (TPSA) is 33.3 Å². The van der Waals surface area contributed by atoms with Crippen molar-refractivity contribution < 1.29 is 4.74 Å². The van der Waals surface area contributed by atoms with E-state index in [1.807, 2.05) is 0 Å². The van der Waals surface area contributed by atoms with Crippen molar-refractivity contribution in [3.63, 3.8) is 0 Å². The fourth-order valence-electron chi connectivity index (χ4n) is 2.44. The van der Waals surface area contributed by atoms with Crippen molar-refractivity contribution in [2.45, 2.75) is 44.2 Å². The van der Waals surface area contributed by atoms with E-state index >= 15 is 0 Å². The maximum Gasteiger partial charge on any atom is 0.0824 e. The summed E-state index contributed by atoms with van der Waals surface area (Å²) in [5, 5.41) is 7.02. The van der Waals surface area contributed by atoms with Gasteiger partial charge in [0, 0.05) is 25.2 Å². The molecule has 3 heteroatoms. The SMILES string of the molecule is CC1(NCC2CNCCO2)CCCC1. The highest BCUT2D eigenvalue weighted by atomic mass is 16.5. The normalized spacial score (nSPS) is 31.9. The summed E-state index contributed by atoms with van der Waals surface area (Å²) in [6.45, 7) is 6.22. The summed E-state index contributed by atoms with van der Waals surface area (Å²) in [6, 6.07) is 0. The number of hydrogen-bond acceptors (Lipinski definition) is 3. The van der Waals surface area contributed by atoms with Gasteiger partial charge in [-0.15, -0.1) is 0 Å². The van der Waals surface area contributed by atoms with Gasteiger partial charge in [-0.3, -0.25) is 0 Å². The summed E-state index contributed by atoms with van der Waals surface area (Å²) in [5.74, 6) is 0. The minimum Gasteiger partial charge on any atom is -0.374 e. The number of morpholine rings is 1. The van der Waals surface area contributed by atoms with Crippen molar-refractivity contribution in [2.75, 3.05) is 26.2 Å². The molecule has 0 aromatic heterocycles. The van der Waals surface area contributed by atoms with E-state index in [1.54, 1.807) is 0 Å². The zero-order valence-corrected chi connectivity index (χ0v) is 9.14. The molecule has 0 radical (unpaired) electrons. The molecule has 0 amide bonds. The van der Waals surface area contributed by atoms with Gasteiger partial charge in [-0.2, -0.15) is 0 Å². The second-order valence-electron chi connectivity index (χ2n) is 4.85. The Bertz CT molecular complexity index is 172. The van der Waals surface area contributed by atoms with Crippen molar-refractivity contribution in [3.8, 4) is 0 Å². The predicted octanol–water partition coefficient (Wildman–Crippen LogP) is 0.897. The smallest absolute Gasteiger partial charge is 0.0824 e.